The number of carbonyl (C=O) groups is 4. The predicted molar refractivity (Wildman–Crippen MR) is 250 cm³/mol. The average Bonchev–Trinajstić information content (AvgIpc) is 3.89. The summed E-state index contributed by atoms with van der Waals surface area (Å²) < 4.78 is 0. The van der Waals surface area contributed by atoms with Crippen LogP contribution < -0.4 is 26.6 Å². The number of rotatable bonds is 19. The van der Waals surface area contributed by atoms with Crippen LogP contribution in [0.2, 0.25) is 0 Å². The van der Waals surface area contributed by atoms with Gasteiger partial charge in [0.2, 0.25) is 23.6 Å². The number of hydrogen-bond donors (Lipinski definition) is 6. The van der Waals surface area contributed by atoms with Crippen molar-refractivity contribution in [3.63, 3.8) is 0 Å². The number of aliphatic hydroxyl groups is 1. The van der Waals surface area contributed by atoms with E-state index in [-0.39, 0.29) is 54.9 Å². The van der Waals surface area contributed by atoms with E-state index in [2.05, 4.69) is 36.0 Å². The minimum atomic E-state index is -0.858. The van der Waals surface area contributed by atoms with Gasteiger partial charge < -0.3 is 41.7 Å². The first-order chi connectivity index (χ1) is 30.7. The maximum atomic E-state index is 14.0. The molecule has 0 saturated carbocycles. The molecule has 1 unspecified atom stereocenters. The lowest BCUT2D eigenvalue weighted by Gasteiger charge is -2.35. The van der Waals surface area contributed by atoms with Gasteiger partial charge in [-0.2, -0.15) is 0 Å². The molecule has 4 amide bonds. The van der Waals surface area contributed by atoms with Crippen molar-refractivity contribution in [2.75, 3.05) is 30.3 Å². The van der Waals surface area contributed by atoms with Crippen molar-refractivity contribution in [3.05, 3.63) is 71.4 Å². The molecule has 2 fully saturated rings. The second kappa shape index (κ2) is 22.3. The summed E-state index contributed by atoms with van der Waals surface area (Å²) in [4.78, 5) is 62.3. The summed E-state index contributed by atoms with van der Waals surface area (Å²) in [6.45, 7) is 9.37. The molecule has 4 heterocycles. The molecular formula is C48H65N9O6S. The Morgan fingerprint density at radius 1 is 0.906 bits per heavy atom. The number of aromatic hydroxyl groups is 1. The monoisotopic (exact) mass is 895 g/mol. The van der Waals surface area contributed by atoms with Gasteiger partial charge in [-0.1, -0.05) is 89.3 Å². The highest BCUT2D eigenvalue weighted by Gasteiger charge is 2.44. The largest absolute Gasteiger partial charge is 0.507 e. The van der Waals surface area contributed by atoms with Gasteiger partial charge in [-0.15, -0.1) is 21.5 Å². The summed E-state index contributed by atoms with van der Waals surface area (Å²) in [5.41, 5.74) is 12.3. The van der Waals surface area contributed by atoms with Crippen LogP contribution in [0.5, 0.6) is 5.75 Å². The summed E-state index contributed by atoms with van der Waals surface area (Å²) in [5.74, 6) is -0.377. The number of para-hydroxylation sites is 1. The van der Waals surface area contributed by atoms with Crippen molar-refractivity contribution in [2.45, 2.75) is 136 Å². The van der Waals surface area contributed by atoms with Crippen molar-refractivity contribution in [1.29, 1.82) is 0 Å². The van der Waals surface area contributed by atoms with Gasteiger partial charge in [0.05, 0.1) is 33.6 Å². The number of aliphatic hydroxyl groups excluding tert-OH is 1. The number of nitrogens with zero attached hydrogens (tertiary/aromatic N) is 5. The van der Waals surface area contributed by atoms with Gasteiger partial charge in [0, 0.05) is 57.0 Å². The molecular weight excluding hydrogens is 831 g/mol. The third kappa shape index (κ3) is 13.0. The van der Waals surface area contributed by atoms with Crippen molar-refractivity contribution in [1.82, 2.24) is 36.0 Å². The lowest BCUT2D eigenvalue weighted by molar-refractivity contribution is -0.144. The molecule has 2 aliphatic heterocycles. The topological polar surface area (TPSA) is 216 Å². The van der Waals surface area contributed by atoms with Crippen LogP contribution in [0.3, 0.4) is 0 Å². The Morgan fingerprint density at radius 3 is 2.20 bits per heavy atom. The Labute approximate surface area is 380 Å². The first kappa shape index (κ1) is 47.9. The van der Waals surface area contributed by atoms with Gasteiger partial charge >= 0.3 is 0 Å². The highest BCUT2D eigenvalue weighted by atomic mass is 32.1. The molecule has 0 spiro atoms. The lowest BCUT2D eigenvalue weighted by Crippen LogP contribution is -2.57. The SMILES string of the molecule is Cc1ncsc1-c1ccc(CNC(=O)[C@H]2C[C@H](O)CN2C(=O)C(NC(=O)CCCCCCCCCC(=O)NC2CCN(c3cc(-c4ccccc4O)nnc3N)CC2)C(C)(C)C)cc1. The number of carbonyl (C=O) groups excluding carboxylic acids is 4. The third-order valence-electron chi connectivity index (χ3n) is 12.2. The van der Waals surface area contributed by atoms with E-state index in [0.717, 1.165) is 91.8 Å². The molecule has 7 N–H and O–H groups in total. The van der Waals surface area contributed by atoms with Gasteiger partial charge in [0.25, 0.3) is 0 Å². The highest BCUT2D eigenvalue weighted by molar-refractivity contribution is 7.13. The van der Waals surface area contributed by atoms with E-state index < -0.39 is 23.6 Å². The molecule has 0 aliphatic carbocycles. The van der Waals surface area contributed by atoms with Crippen LogP contribution in [0.1, 0.15) is 109 Å². The van der Waals surface area contributed by atoms with Gasteiger partial charge in [-0.3, -0.25) is 19.2 Å². The van der Waals surface area contributed by atoms with E-state index in [1.807, 2.05) is 69.6 Å². The van der Waals surface area contributed by atoms with Crippen molar-refractivity contribution in [2.24, 2.45) is 5.41 Å². The molecule has 2 aromatic heterocycles. The number of piperidine rings is 1. The minimum Gasteiger partial charge on any atom is -0.507 e. The van der Waals surface area contributed by atoms with E-state index in [9.17, 15) is 29.4 Å². The highest BCUT2D eigenvalue weighted by Crippen LogP contribution is 2.33. The van der Waals surface area contributed by atoms with Crippen LogP contribution in [0.15, 0.2) is 60.1 Å². The fourth-order valence-corrected chi connectivity index (χ4v) is 9.31. The molecule has 0 radical (unpaired) electrons. The van der Waals surface area contributed by atoms with Crippen molar-refractivity contribution < 1.29 is 29.4 Å². The molecule has 64 heavy (non-hydrogen) atoms. The summed E-state index contributed by atoms with van der Waals surface area (Å²) in [6.07, 6.45) is 8.02. The summed E-state index contributed by atoms with van der Waals surface area (Å²) in [5, 5.41) is 38.3. The Bertz CT molecular complexity index is 2200. The van der Waals surface area contributed by atoms with Crippen LogP contribution in [-0.4, -0.2) is 97.8 Å². The number of β-amino-alcohol motifs (C(OH)–C–C–N with tert-alkyl or cyclic N) is 1. The smallest absolute Gasteiger partial charge is 0.246 e. The molecule has 2 aromatic carbocycles. The predicted octanol–water partition coefficient (Wildman–Crippen LogP) is 6.27. The van der Waals surface area contributed by atoms with Crippen LogP contribution in [0.25, 0.3) is 21.7 Å². The Kier molecular flexibility index (Phi) is 16.7. The lowest BCUT2D eigenvalue weighted by atomic mass is 9.85. The third-order valence-corrected chi connectivity index (χ3v) is 13.2. The summed E-state index contributed by atoms with van der Waals surface area (Å²) in [6, 6.07) is 15.2. The van der Waals surface area contributed by atoms with E-state index in [0.29, 0.717) is 36.3 Å². The number of likely N-dealkylation sites (tertiary alicyclic amines) is 1. The molecule has 4 aromatic rings. The molecule has 2 saturated heterocycles. The minimum absolute atomic E-state index is 0.0273. The van der Waals surface area contributed by atoms with Crippen LogP contribution in [0, 0.1) is 12.3 Å². The number of benzene rings is 2. The number of thiazole rings is 1. The first-order valence-electron chi connectivity index (χ1n) is 22.7. The number of nitrogens with one attached hydrogen (secondary N) is 3. The number of phenols is 1. The number of hydrogen-bond acceptors (Lipinski definition) is 12. The van der Waals surface area contributed by atoms with Crippen LogP contribution in [0.4, 0.5) is 11.5 Å². The second-order valence-corrected chi connectivity index (χ2v) is 19.1. The average molecular weight is 896 g/mol. The van der Waals surface area contributed by atoms with Crippen LogP contribution >= 0.6 is 11.3 Å². The zero-order valence-electron chi connectivity index (χ0n) is 37.6. The molecule has 16 heteroatoms. The van der Waals surface area contributed by atoms with Gasteiger partial charge in [0.15, 0.2) is 5.82 Å². The van der Waals surface area contributed by atoms with Gasteiger partial charge in [-0.25, -0.2) is 4.98 Å². The van der Waals surface area contributed by atoms with Crippen molar-refractivity contribution in [3.8, 4) is 27.4 Å². The van der Waals surface area contributed by atoms with Crippen molar-refractivity contribution >= 4 is 46.5 Å². The normalized spacial score (nSPS) is 17.3. The Balaban J connectivity index is 0.840. The fraction of sp³-hybridized carbons (Fsp3) is 0.521. The molecule has 3 atom stereocenters. The number of nitrogens with two attached hydrogens (primary N) is 1. The molecule has 2 aliphatic rings. The second-order valence-electron chi connectivity index (χ2n) is 18.3. The zero-order valence-corrected chi connectivity index (χ0v) is 38.5. The molecule has 0 bridgehead atoms. The number of aromatic nitrogens is 3. The summed E-state index contributed by atoms with van der Waals surface area (Å²) >= 11 is 1.58. The molecule has 15 nitrogen and oxygen atoms in total. The van der Waals surface area contributed by atoms with E-state index >= 15 is 0 Å². The van der Waals surface area contributed by atoms with E-state index in [1.165, 1.54) is 4.90 Å². The molecule has 344 valence electrons. The maximum absolute atomic E-state index is 14.0. The number of phenolic OH excluding ortho intramolecular Hbond substituents is 1. The number of amides is 4. The number of anilines is 2. The number of nitrogen functional groups attached to an aromatic ring is 1. The van der Waals surface area contributed by atoms with E-state index in [1.54, 1.807) is 29.5 Å². The number of unbranched alkanes of at least 4 members (excludes halogenated alkanes) is 6. The quantitative estimate of drug-likeness (QED) is 0.0577. The first-order valence-corrected chi connectivity index (χ1v) is 23.6. The Hall–Kier alpha value is -5.61. The van der Waals surface area contributed by atoms with Gasteiger partial charge in [0.1, 0.15) is 17.8 Å². The van der Waals surface area contributed by atoms with E-state index in [4.69, 9.17) is 5.73 Å². The number of aryl methyl sites for hydroxylation is 1. The fourth-order valence-electron chi connectivity index (χ4n) is 8.50. The zero-order chi connectivity index (χ0) is 45.8. The summed E-state index contributed by atoms with van der Waals surface area (Å²) in [7, 11) is 0. The van der Waals surface area contributed by atoms with Crippen LogP contribution in [-0.2, 0) is 25.7 Å². The maximum Gasteiger partial charge on any atom is 0.246 e. The van der Waals surface area contributed by atoms with Gasteiger partial charge in [-0.05, 0) is 67.3 Å². The molecule has 6 rings (SSSR count). The Morgan fingerprint density at radius 2 is 1.56 bits per heavy atom. The standard InChI is InChI=1S/C48H65N9O6S/c1-31-43(64-30-51-31)33-20-18-32(19-21-33)28-50-46(62)39-26-35(58)29-57(39)47(63)44(48(2,3)4)53-42(61)17-11-9-7-5-6-8-10-16-41(60)52-34-22-24-56(25-23-34)38-27-37(54-55-45(38)49)36-14-12-13-15-40(36)59/h12-15,18-21,27,30,34-35,39,44,58-59H,5-11,16-17,22-26,28-29H2,1-4H3,(H2,49,55)(H,50,62)(H,52,60)(H,53,61)/t35-,39+,44?/m0/s1.